The first-order chi connectivity index (χ1) is 12.4. The number of nitrogens with one attached hydrogen (secondary N) is 2. The van der Waals surface area contributed by atoms with E-state index in [1.54, 1.807) is 6.92 Å². The minimum Gasteiger partial charge on any atom is -0.376 e. The Morgan fingerprint density at radius 2 is 2.31 bits per heavy atom. The molecule has 0 aliphatic carbocycles. The second-order valence-corrected chi connectivity index (χ2v) is 7.24. The monoisotopic (exact) mass is 384 g/mol. The van der Waals surface area contributed by atoms with E-state index in [0.717, 1.165) is 36.7 Å². The normalized spacial score (nSPS) is 18.0. The van der Waals surface area contributed by atoms with Gasteiger partial charge in [-0.3, -0.25) is 9.36 Å². The summed E-state index contributed by atoms with van der Waals surface area (Å²) < 4.78 is 33.2. The smallest absolute Gasteiger partial charge is 0.344 e. The summed E-state index contributed by atoms with van der Waals surface area (Å²) >= 11 is 1.09. The molecule has 140 valence electrons. The Morgan fingerprint density at radius 1 is 1.50 bits per heavy atom. The Bertz CT molecular complexity index is 848. The highest BCUT2D eigenvalue weighted by Crippen LogP contribution is 2.23. The fraction of sp³-hybridized carbons (Fsp3) is 0.438. The van der Waals surface area contributed by atoms with E-state index in [4.69, 9.17) is 4.74 Å². The molecule has 2 N–H and O–H groups in total. The van der Waals surface area contributed by atoms with Crippen LogP contribution >= 0.6 is 11.8 Å². The number of aromatic nitrogens is 3. The lowest BCUT2D eigenvalue weighted by Crippen LogP contribution is -2.27. The number of aromatic amines is 1. The number of ether oxygens (including phenoxy) is 1. The number of carbonyl (C=O) groups is 1. The third-order valence-electron chi connectivity index (χ3n) is 3.97. The maximum Gasteiger partial charge on any atom is 0.344 e. The van der Waals surface area contributed by atoms with Gasteiger partial charge in [-0.05, 0) is 31.9 Å². The van der Waals surface area contributed by atoms with E-state index in [2.05, 4.69) is 15.5 Å². The summed E-state index contributed by atoms with van der Waals surface area (Å²) in [5, 5.41) is 8.61. The van der Waals surface area contributed by atoms with Gasteiger partial charge in [0.25, 0.3) is 0 Å². The lowest BCUT2D eigenvalue weighted by Gasteiger charge is -2.14. The predicted octanol–water partition coefficient (Wildman–Crippen LogP) is 2.15. The molecule has 1 amide bonds. The molecule has 1 aromatic carbocycles. The van der Waals surface area contributed by atoms with E-state index in [-0.39, 0.29) is 17.5 Å². The van der Waals surface area contributed by atoms with Crippen molar-refractivity contribution in [1.29, 1.82) is 0 Å². The topological polar surface area (TPSA) is 89.0 Å². The van der Waals surface area contributed by atoms with Gasteiger partial charge in [-0.2, -0.15) is 0 Å². The summed E-state index contributed by atoms with van der Waals surface area (Å²) in [5.41, 5.74) is -0.212. The Balaban J connectivity index is 1.65. The van der Waals surface area contributed by atoms with E-state index in [1.165, 1.54) is 10.6 Å². The van der Waals surface area contributed by atoms with Crippen molar-refractivity contribution in [3.05, 3.63) is 40.3 Å². The van der Waals surface area contributed by atoms with Crippen LogP contribution in [0.1, 0.15) is 19.8 Å². The third kappa shape index (κ3) is 4.31. The molecule has 1 fully saturated rings. The second-order valence-electron chi connectivity index (χ2n) is 5.94. The number of rotatable bonds is 6. The predicted molar refractivity (Wildman–Crippen MR) is 92.1 cm³/mol. The quantitative estimate of drug-likeness (QED) is 0.745. The van der Waals surface area contributed by atoms with Gasteiger partial charge in [0, 0.05) is 18.4 Å². The van der Waals surface area contributed by atoms with Crippen molar-refractivity contribution in [3.63, 3.8) is 0 Å². The van der Waals surface area contributed by atoms with Gasteiger partial charge in [-0.15, -0.1) is 5.10 Å². The van der Waals surface area contributed by atoms with Gasteiger partial charge in [0.05, 0.1) is 17.9 Å². The van der Waals surface area contributed by atoms with Crippen molar-refractivity contribution in [2.24, 2.45) is 0 Å². The standard InChI is InChI=1S/C16H18F2N4O3S/c1-9(14(23)19-10-4-5-12(17)13(18)7-10)26-16-21-20-15(24)22(16)8-11-3-2-6-25-11/h4-5,7,9,11H,2-3,6,8H2,1H3,(H,19,23)(H,20,24)/t9-,11-/m1/s1. The number of hydrogen-bond donors (Lipinski definition) is 2. The molecule has 0 unspecified atom stereocenters. The zero-order valence-corrected chi connectivity index (χ0v) is 14.8. The molecule has 7 nitrogen and oxygen atoms in total. The van der Waals surface area contributed by atoms with Crippen molar-refractivity contribution in [3.8, 4) is 0 Å². The van der Waals surface area contributed by atoms with Gasteiger partial charge in [-0.1, -0.05) is 11.8 Å². The van der Waals surface area contributed by atoms with E-state index >= 15 is 0 Å². The van der Waals surface area contributed by atoms with Gasteiger partial charge >= 0.3 is 5.69 Å². The lowest BCUT2D eigenvalue weighted by atomic mass is 10.2. The molecule has 1 aliphatic heterocycles. The highest BCUT2D eigenvalue weighted by atomic mass is 32.2. The van der Waals surface area contributed by atoms with Crippen LogP contribution in [-0.4, -0.2) is 38.6 Å². The minimum absolute atomic E-state index is 0.0454. The van der Waals surface area contributed by atoms with Crippen LogP contribution in [0.5, 0.6) is 0 Å². The summed E-state index contributed by atoms with van der Waals surface area (Å²) in [5.74, 6) is -2.44. The highest BCUT2D eigenvalue weighted by molar-refractivity contribution is 8.00. The lowest BCUT2D eigenvalue weighted by molar-refractivity contribution is -0.115. The number of benzene rings is 1. The van der Waals surface area contributed by atoms with Gasteiger partial charge in [0.2, 0.25) is 5.91 Å². The third-order valence-corrected chi connectivity index (χ3v) is 5.06. The average molecular weight is 384 g/mol. The zero-order chi connectivity index (χ0) is 18.7. The first-order valence-electron chi connectivity index (χ1n) is 8.13. The molecule has 10 heteroatoms. The number of hydrogen-bond acceptors (Lipinski definition) is 5. The molecule has 26 heavy (non-hydrogen) atoms. The summed E-state index contributed by atoms with van der Waals surface area (Å²) in [4.78, 5) is 24.2. The number of thioether (sulfide) groups is 1. The SMILES string of the molecule is C[C@@H](Sc1n[nH]c(=O)n1C[C@H]1CCCO1)C(=O)Nc1ccc(F)c(F)c1. The molecule has 1 aromatic heterocycles. The van der Waals surface area contributed by atoms with Crippen LogP contribution in [0.2, 0.25) is 0 Å². The fourth-order valence-corrected chi connectivity index (χ4v) is 3.44. The summed E-state index contributed by atoms with van der Waals surface area (Å²) in [6.45, 7) is 2.68. The highest BCUT2D eigenvalue weighted by Gasteiger charge is 2.23. The van der Waals surface area contributed by atoms with Crippen molar-refractivity contribution >= 4 is 23.4 Å². The van der Waals surface area contributed by atoms with Crippen LogP contribution in [0.4, 0.5) is 14.5 Å². The molecule has 0 bridgehead atoms. The van der Waals surface area contributed by atoms with E-state index in [0.29, 0.717) is 18.3 Å². The van der Waals surface area contributed by atoms with Gasteiger partial charge in [0.15, 0.2) is 16.8 Å². The molecule has 3 rings (SSSR count). The molecule has 0 radical (unpaired) electrons. The van der Waals surface area contributed by atoms with E-state index < -0.39 is 22.8 Å². The van der Waals surface area contributed by atoms with E-state index in [1.807, 2.05) is 0 Å². The first kappa shape index (κ1) is 18.6. The minimum atomic E-state index is -1.04. The van der Waals surface area contributed by atoms with Crippen molar-refractivity contribution in [1.82, 2.24) is 14.8 Å². The van der Waals surface area contributed by atoms with Crippen LogP contribution < -0.4 is 11.0 Å². The van der Waals surface area contributed by atoms with Crippen LogP contribution in [-0.2, 0) is 16.1 Å². The maximum atomic E-state index is 13.2. The van der Waals surface area contributed by atoms with Crippen LogP contribution in [0.15, 0.2) is 28.2 Å². The average Bonchev–Trinajstić information content (AvgIpc) is 3.23. The number of amides is 1. The van der Waals surface area contributed by atoms with Gasteiger partial charge < -0.3 is 10.1 Å². The molecular formula is C16H18F2N4O3S. The van der Waals surface area contributed by atoms with Crippen LogP contribution in [0.3, 0.4) is 0 Å². The van der Waals surface area contributed by atoms with Crippen molar-refractivity contribution in [2.45, 2.75) is 42.8 Å². The van der Waals surface area contributed by atoms with Gasteiger partial charge in [-0.25, -0.2) is 18.7 Å². The molecular weight excluding hydrogens is 366 g/mol. The van der Waals surface area contributed by atoms with E-state index in [9.17, 15) is 18.4 Å². The molecule has 2 aromatic rings. The number of H-pyrrole nitrogens is 1. The fourth-order valence-electron chi connectivity index (χ4n) is 2.58. The van der Waals surface area contributed by atoms with Gasteiger partial charge in [0.1, 0.15) is 0 Å². The van der Waals surface area contributed by atoms with Crippen LogP contribution in [0, 0.1) is 11.6 Å². The van der Waals surface area contributed by atoms with Crippen molar-refractivity contribution in [2.75, 3.05) is 11.9 Å². The Hall–Kier alpha value is -2.20. The molecule has 2 atom stereocenters. The second kappa shape index (κ2) is 8.00. The maximum absolute atomic E-state index is 13.2. The number of halogens is 2. The summed E-state index contributed by atoms with van der Waals surface area (Å²) in [7, 11) is 0. The number of anilines is 1. The Morgan fingerprint density at radius 3 is 3.00 bits per heavy atom. The largest absolute Gasteiger partial charge is 0.376 e. The number of carbonyl (C=O) groups excluding carboxylic acids is 1. The van der Waals surface area contributed by atoms with Crippen molar-refractivity contribution < 1.29 is 18.3 Å². The zero-order valence-electron chi connectivity index (χ0n) is 14.0. The summed E-state index contributed by atoms with van der Waals surface area (Å²) in [6.07, 6.45) is 1.77. The molecule has 0 saturated carbocycles. The molecule has 0 spiro atoms. The first-order valence-corrected chi connectivity index (χ1v) is 9.01. The molecule has 2 heterocycles. The van der Waals surface area contributed by atoms with Crippen LogP contribution in [0.25, 0.3) is 0 Å². The summed E-state index contributed by atoms with van der Waals surface area (Å²) in [6, 6.07) is 3.12. The molecule has 1 aliphatic rings. The molecule has 1 saturated heterocycles. The Kier molecular flexibility index (Phi) is 5.72. The number of nitrogens with zero attached hydrogens (tertiary/aromatic N) is 2. The Labute approximate surface area is 152 Å².